The molecule has 0 radical (unpaired) electrons. The smallest absolute Gasteiger partial charge is 0.338 e. The maximum atomic E-state index is 12.0. The molecule has 0 unspecified atom stereocenters. The zero-order chi connectivity index (χ0) is 19.2. The Kier molecular flexibility index (Phi) is 5.81. The first-order valence-corrected chi connectivity index (χ1v) is 8.94. The molecule has 0 aliphatic heterocycles. The van der Waals surface area contributed by atoms with Crippen LogP contribution in [0.4, 0.5) is 0 Å². The van der Waals surface area contributed by atoms with E-state index in [0.29, 0.717) is 17.8 Å². The first-order valence-electron chi connectivity index (χ1n) is 8.94. The van der Waals surface area contributed by atoms with Crippen molar-refractivity contribution in [3.63, 3.8) is 0 Å². The van der Waals surface area contributed by atoms with Crippen LogP contribution in [-0.4, -0.2) is 29.1 Å². The molecule has 5 heteroatoms. The van der Waals surface area contributed by atoms with Crippen LogP contribution in [0, 0.1) is 0 Å². The number of carbonyl (C=O) groups excluding carboxylic acids is 2. The van der Waals surface area contributed by atoms with E-state index in [9.17, 15) is 9.59 Å². The van der Waals surface area contributed by atoms with Crippen molar-refractivity contribution in [2.75, 3.05) is 7.11 Å². The monoisotopic (exact) mass is 362 g/mol. The van der Waals surface area contributed by atoms with Crippen LogP contribution < -0.4 is 0 Å². The number of aldehydes is 1. The minimum absolute atomic E-state index is 0.350. The van der Waals surface area contributed by atoms with Crippen LogP contribution in [-0.2, 0) is 17.7 Å². The van der Waals surface area contributed by atoms with Crippen molar-refractivity contribution in [1.29, 1.82) is 0 Å². The molecule has 138 valence electrons. The molecule has 0 saturated heterocycles. The van der Waals surface area contributed by atoms with Crippen molar-refractivity contribution in [2.45, 2.75) is 26.3 Å². The molecule has 0 bridgehead atoms. The summed E-state index contributed by atoms with van der Waals surface area (Å²) in [6, 6.07) is 17.2. The van der Waals surface area contributed by atoms with E-state index in [1.54, 1.807) is 6.07 Å². The van der Waals surface area contributed by atoms with Crippen LogP contribution in [0.1, 0.15) is 45.4 Å². The zero-order valence-electron chi connectivity index (χ0n) is 15.5. The maximum absolute atomic E-state index is 12.0. The SMILES string of the molecule is CCCc1cc(C=O)nn1Cc1ccc(-c2ccccc2C(=O)OC)cc1. The second-order valence-corrected chi connectivity index (χ2v) is 6.32. The molecular weight excluding hydrogens is 340 g/mol. The predicted molar refractivity (Wildman–Crippen MR) is 104 cm³/mol. The Labute approximate surface area is 158 Å². The van der Waals surface area contributed by atoms with Gasteiger partial charge in [0.25, 0.3) is 0 Å². The van der Waals surface area contributed by atoms with Gasteiger partial charge in [-0.1, -0.05) is 55.8 Å². The first kappa shape index (κ1) is 18.6. The summed E-state index contributed by atoms with van der Waals surface area (Å²) in [4.78, 5) is 23.0. The van der Waals surface area contributed by atoms with Crippen LogP contribution in [0.2, 0.25) is 0 Å². The maximum Gasteiger partial charge on any atom is 0.338 e. The van der Waals surface area contributed by atoms with Gasteiger partial charge in [0.1, 0.15) is 5.69 Å². The Bertz CT molecular complexity index is 942. The summed E-state index contributed by atoms with van der Waals surface area (Å²) in [5, 5.41) is 4.36. The fraction of sp³-hybridized carbons (Fsp3) is 0.227. The van der Waals surface area contributed by atoms with Gasteiger partial charge in [0.2, 0.25) is 0 Å². The Hall–Kier alpha value is -3.21. The number of hydrogen-bond donors (Lipinski definition) is 0. The topological polar surface area (TPSA) is 61.2 Å². The molecule has 0 spiro atoms. The molecule has 27 heavy (non-hydrogen) atoms. The molecule has 0 N–H and O–H groups in total. The summed E-state index contributed by atoms with van der Waals surface area (Å²) in [6.07, 6.45) is 2.65. The van der Waals surface area contributed by atoms with Gasteiger partial charge in [0, 0.05) is 5.69 Å². The van der Waals surface area contributed by atoms with Crippen molar-refractivity contribution in [3.8, 4) is 11.1 Å². The molecule has 3 rings (SSSR count). The quantitative estimate of drug-likeness (QED) is 0.468. The molecule has 0 amide bonds. The number of nitrogens with zero attached hydrogens (tertiary/aromatic N) is 2. The molecule has 0 fully saturated rings. The summed E-state index contributed by atoms with van der Waals surface area (Å²) in [5.74, 6) is -0.350. The summed E-state index contributed by atoms with van der Waals surface area (Å²) in [7, 11) is 1.38. The van der Waals surface area contributed by atoms with Crippen molar-refractivity contribution in [1.82, 2.24) is 9.78 Å². The molecule has 3 aromatic rings. The normalized spacial score (nSPS) is 10.6. The number of hydrogen-bond acceptors (Lipinski definition) is 4. The highest BCUT2D eigenvalue weighted by Crippen LogP contribution is 2.25. The summed E-state index contributed by atoms with van der Waals surface area (Å²) in [6.45, 7) is 2.70. The number of aryl methyl sites for hydroxylation is 1. The highest BCUT2D eigenvalue weighted by molar-refractivity contribution is 5.97. The van der Waals surface area contributed by atoms with E-state index < -0.39 is 0 Å². The van der Waals surface area contributed by atoms with Crippen LogP contribution in [0.15, 0.2) is 54.6 Å². The summed E-state index contributed by atoms with van der Waals surface area (Å²) < 4.78 is 6.75. The van der Waals surface area contributed by atoms with Crippen molar-refractivity contribution in [2.24, 2.45) is 0 Å². The van der Waals surface area contributed by atoms with Gasteiger partial charge in [0.15, 0.2) is 6.29 Å². The van der Waals surface area contributed by atoms with Gasteiger partial charge in [-0.25, -0.2) is 4.79 Å². The molecule has 1 aromatic heterocycles. The van der Waals surface area contributed by atoms with Gasteiger partial charge in [-0.15, -0.1) is 0 Å². The molecule has 5 nitrogen and oxygen atoms in total. The lowest BCUT2D eigenvalue weighted by atomic mass is 9.98. The largest absolute Gasteiger partial charge is 0.465 e. The predicted octanol–water partition coefficient (Wildman–Crippen LogP) is 4.15. The van der Waals surface area contributed by atoms with Gasteiger partial charge in [0.05, 0.1) is 19.2 Å². The Morgan fingerprint density at radius 3 is 2.56 bits per heavy atom. The fourth-order valence-electron chi connectivity index (χ4n) is 3.12. The van der Waals surface area contributed by atoms with Crippen LogP contribution in [0.25, 0.3) is 11.1 Å². The zero-order valence-corrected chi connectivity index (χ0v) is 15.5. The van der Waals surface area contributed by atoms with E-state index in [1.807, 2.05) is 53.2 Å². The Morgan fingerprint density at radius 1 is 1.15 bits per heavy atom. The van der Waals surface area contributed by atoms with E-state index in [0.717, 1.165) is 41.5 Å². The third kappa shape index (κ3) is 4.14. The highest BCUT2D eigenvalue weighted by Gasteiger charge is 2.13. The molecular formula is C22H22N2O3. The number of methoxy groups -OCH3 is 1. The van der Waals surface area contributed by atoms with E-state index in [2.05, 4.69) is 12.0 Å². The molecule has 1 heterocycles. The number of carbonyl (C=O) groups is 2. The lowest BCUT2D eigenvalue weighted by molar-refractivity contribution is 0.0601. The Morgan fingerprint density at radius 2 is 1.89 bits per heavy atom. The van der Waals surface area contributed by atoms with Crippen LogP contribution >= 0.6 is 0 Å². The van der Waals surface area contributed by atoms with Gasteiger partial charge in [-0.2, -0.15) is 5.10 Å². The standard InChI is InChI=1S/C22H22N2O3/c1-3-6-19-13-18(15-25)23-24(19)14-16-9-11-17(12-10-16)20-7-4-5-8-21(20)22(26)27-2/h4-5,7-13,15H,3,6,14H2,1-2H3. The number of aromatic nitrogens is 2. The average Bonchev–Trinajstić information content (AvgIpc) is 3.10. The lowest BCUT2D eigenvalue weighted by Crippen LogP contribution is -2.06. The second-order valence-electron chi connectivity index (χ2n) is 6.32. The summed E-state index contributed by atoms with van der Waals surface area (Å²) >= 11 is 0. The second kappa shape index (κ2) is 8.45. The van der Waals surface area contributed by atoms with Crippen molar-refractivity contribution in [3.05, 3.63) is 77.1 Å². The number of ether oxygens (including phenoxy) is 1. The van der Waals surface area contributed by atoms with Gasteiger partial charge < -0.3 is 4.74 Å². The molecule has 0 saturated carbocycles. The van der Waals surface area contributed by atoms with Gasteiger partial charge in [-0.3, -0.25) is 9.48 Å². The van der Waals surface area contributed by atoms with Crippen molar-refractivity contribution < 1.29 is 14.3 Å². The van der Waals surface area contributed by atoms with E-state index in [4.69, 9.17) is 4.74 Å². The van der Waals surface area contributed by atoms with E-state index in [-0.39, 0.29) is 5.97 Å². The lowest BCUT2D eigenvalue weighted by Gasteiger charge is -2.10. The third-order valence-electron chi connectivity index (χ3n) is 4.44. The number of rotatable bonds is 7. The molecule has 0 aliphatic carbocycles. The highest BCUT2D eigenvalue weighted by atomic mass is 16.5. The van der Waals surface area contributed by atoms with E-state index >= 15 is 0 Å². The summed E-state index contributed by atoms with van der Waals surface area (Å²) in [5.41, 5.74) is 4.92. The van der Waals surface area contributed by atoms with E-state index in [1.165, 1.54) is 7.11 Å². The minimum atomic E-state index is -0.350. The average molecular weight is 362 g/mol. The van der Waals surface area contributed by atoms with Crippen molar-refractivity contribution >= 4 is 12.3 Å². The minimum Gasteiger partial charge on any atom is -0.465 e. The van der Waals surface area contributed by atoms with Crippen LogP contribution in [0.3, 0.4) is 0 Å². The number of esters is 1. The number of benzene rings is 2. The van der Waals surface area contributed by atoms with Gasteiger partial charge in [-0.05, 0) is 35.2 Å². The molecule has 0 atom stereocenters. The Balaban J connectivity index is 1.86. The first-order chi connectivity index (χ1) is 13.2. The third-order valence-corrected chi connectivity index (χ3v) is 4.44. The van der Waals surface area contributed by atoms with Crippen LogP contribution in [0.5, 0.6) is 0 Å². The fourth-order valence-corrected chi connectivity index (χ4v) is 3.12. The van der Waals surface area contributed by atoms with Gasteiger partial charge >= 0.3 is 5.97 Å². The molecule has 0 aliphatic rings. The molecule has 2 aromatic carbocycles.